The second kappa shape index (κ2) is 6.83. The molecule has 1 heterocycles. The van der Waals surface area contributed by atoms with E-state index in [1.54, 1.807) is 17.0 Å². The molecular formula is C18H18F3NO3S. The summed E-state index contributed by atoms with van der Waals surface area (Å²) in [6, 6.07) is 12.1. The monoisotopic (exact) mass is 385 g/mol. The predicted molar refractivity (Wildman–Crippen MR) is 92.0 cm³/mol. The van der Waals surface area contributed by atoms with Gasteiger partial charge < -0.3 is 10.0 Å². The number of phenolic OH excluding ortho intramolecular Hbond substituents is 1. The maximum atomic E-state index is 13.0. The van der Waals surface area contributed by atoms with E-state index >= 15 is 0 Å². The van der Waals surface area contributed by atoms with E-state index < -0.39 is 20.2 Å². The first-order valence-electron chi connectivity index (χ1n) is 8.14. The zero-order valence-electron chi connectivity index (χ0n) is 13.8. The molecule has 2 aromatic carbocycles. The van der Waals surface area contributed by atoms with Crippen LogP contribution >= 0.6 is 0 Å². The van der Waals surface area contributed by atoms with Crippen molar-refractivity contribution in [3.8, 4) is 5.75 Å². The summed E-state index contributed by atoms with van der Waals surface area (Å²) < 4.78 is 62.6. The van der Waals surface area contributed by atoms with Crippen molar-refractivity contribution in [3.05, 3.63) is 54.1 Å². The Morgan fingerprint density at radius 3 is 2.12 bits per heavy atom. The minimum Gasteiger partial charge on any atom is -0.508 e. The topological polar surface area (TPSA) is 57.6 Å². The molecule has 1 N–H and O–H groups in total. The lowest BCUT2D eigenvalue weighted by Gasteiger charge is -2.35. The molecule has 0 spiro atoms. The summed E-state index contributed by atoms with van der Waals surface area (Å²) in [6.45, 7) is 0.909. The van der Waals surface area contributed by atoms with E-state index in [1.807, 2.05) is 12.1 Å². The molecule has 1 aliphatic rings. The highest BCUT2D eigenvalue weighted by atomic mass is 32.2. The number of rotatable bonds is 3. The van der Waals surface area contributed by atoms with Crippen LogP contribution in [0.2, 0.25) is 0 Å². The van der Waals surface area contributed by atoms with Gasteiger partial charge in [0, 0.05) is 13.1 Å². The van der Waals surface area contributed by atoms with Crippen LogP contribution in [-0.2, 0) is 9.84 Å². The lowest BCUT2D eigenvalue weighted by atomic mass is 9.89. The third-order valence-corrected chi connectivity index (χ3v) is 6.19. The number of hydrogen-bond donors (Lipinski definition) is 1. The van der Waals surface area contributed by atoms with Gasteiger partial charge in [-0.2, -0.15) is 13.2 Å². The average Bonchev–Trinajstić information content (AvgIpc) is 2.62. The summed E-state index contributed by atoms with van der Waals surface area (Å²) in [7, 11) is -5.40. The van der Waals surface area contributed by atoms with Gasteiger partial charge in [0.05, 0.1) is 10.6 Å². The Bertz CT molecular complexity index is 871. The maximum absolute atomic E-state index is 13.0. The maximum Gasteiger partial charge on any atom is 0.501 e. The van der Waals surface area contributed by atoms with Crippen molar-refractivity contribution >= 4 is 15.5 Å². The van der Waals surface area contributed by atoms with Crippen molar-refractivity contribution in [2.24, 2.45) is 0 Å². The lowest BCUT2D eigenvalue weighted by molar-refractivity contribution is -0.0435. The molecule has 0 aromatic heterocycles. The third kappa shape index (κ3) is 3.51. The smallest absolute Gasteiger partial charge is 0.501 e. The number of benzene rings is 2. The number of phenols is 1. The Labute approximate surface area is 149 Å². The molecular weight excluding hydrogens is 367 g/mol. The molecule has 3 rings (SSSR count). The molecule has 2 aromatic rings. The quantitative estimate of drug-likeness (QED) is 0.865. The van der Waals surface area contributed by atoms with Gasteiger partial charge in [-0.15, -0.1) is 0 Å². The summed E-state index contributed by atoms with van der Waals surface area (Å²) in [5, 5.41) is 9.36. The fraction of sp³-hybridized carbons (Fsp3) is 0.333. The number of nitrogens with zero attached hydrogens (tertiary/aromatic N) is 1. The normalized spacial score (nSPS) is 16.7. The largest absolute Gasteiger partial charge is 0.508 e. The van der Waals surface area contributed by atoms with Gasteiger partial charge in [0.2, 0.25) is 0 Å². The van der Waals surface area contributed by atoms with Gasteiger partial charge in [-0.25, -0.2) is 8.42 Å². The summed E-state index contributed by atoms with van der Waals surface area (Å²) >= 11 is 0. The highest BCUT2D eigenvalue weighted by Gasteiger charge is 2.48. The first-order chi connectivity index (χ1) is 12.2. The van der Waals surface area contributed by atoms with Crippen LogP contribution in [0.5, 0.6) is 5.75 Å². The van der Waals surface area contributed by atoms with Crippen molar-refractivity contribution < 1.29 is 26.7 Å². The second-order valence-electron chi connectivity index (χ2n) is 6.27. The van der Waals surface area contributed by atoms with Crippen molar-refractivity contribution in [2.75, 3.05) is 18.0 Å². The minimum absolute atomic E-state index is 0.0916. The van der Waals surface area contributed by atoms with Gasteiger partial charge in [0.15, 0.2) is 0 Å². The Balaban J connectivity index is 1.81. The Morgan fingerprint density at radius 1 is 0.962 bits per heavy atom. The highest BCUT2D eigenvalue weighted by molar-refractivity contribution is 7.92. The Morgan fingerprint density at radius 2 is 1.54 bits per heavy atom. The number of halogens is 3. The van der Waals surface area contributed by atoms with Crippen molar-refractivity contribution in [1.29, 1.82) is 0 Å². The van der Waals surface area contributed by atoms with Crippen molar-refractivity contribution in [1.82, 2.24) is 0 Å². The van der Waals surface area contributed by atoms with Crippen LogP contribution in [-0.4, -0.2) is 32.1 Å². The molecule has 0 aliphatic carbocycles. The van der Waals surface area contributed by atoms with E-state index in [0.29, 0.717) is 25.9 Å². The van der Waals surface area contributed by atoms with Crippen LogP contribution in [0.15, 0.2) is 53.4 Å². The fourth-order valence-electron chi connectivity index (χ4n) is 3.27. The number of aromatic hydroxyl groups is 1. The van der Waals surface area contributed by atoms with Crippen LogP contribution in [0.3, 0.4) is 0 Å². The predicted octanol–water partition coefficient (Wildman–Crippen LogP) is 4.07. The van der Waals surface area contributed by atoms with Crippen molar-refractivity contribution in [3.63, 3.8) is 0 Å². The van der Waals surface area contributed by atoms with Gasteiger partial charge in [-0.1, -0.05) is 24.3 Å². The molecule has 1 saturated heterocycles. The number of piperidine rings is 1. The van der Waals surface area contributed by atoms with E-state index in [0.717, 1.165) is 11.6 Å². The first-order valence-corrected chi connectivity index (χ1v) is 9.63. The van der Waals surface area contributed by atoms with E-state index in [-0.39, 0.29) is 17.4 Å². The van der Waals surface area contributed by atoms with Crippen LogP contribution in [0.1, 0.15) is 24.3 Å². The zero-order chi connectivity index (χ0) is 18.9. The van der Waals surface area contributed by atoms with E-state index in [9.17, 15) is 26.7 Å². The summed E-state index contributed by atoms with van der Waals surface area (Å²) in [4.78, 5) is 0.991. The Hall–Kier alpha value is -2.22. The average molecular weight is 385 g/mol. The molecule has 0 amide bonds. The number of hydrogen-bond acceptors (Lipinski definition) is 4. The molecule has 0 atom stereocenters. The van der Waals surface area contributed by atoms with Crippen LogP contribution in [0, 0.1) is 0 Å². The van der Waals surface area contributed by atoms with Crippen LogP contribution < -0.4 is 4.90 Å². The standard InChI is InChI=1S/C18H18F3NO3S/c19-18(20,21)26(24,25)17-4-2-1-3-16(17)22-11-9-14(10-12-22)13-5-7-15(23)8-6-13/h1-8,14,23H,9-12H2. The van der Waals surface area contributed by atoms with E-state index in [2.05, 4.69) is 0 Å². The van der Waals surface area contributed by atoms with Gasteiger partial charge in [0.25, 0.3) is 9.84 Å². The van der Waals surface area contributed by atoms with Gasteiger partial charge in [-0.05, 0) is 48.6 Å². The Kier molecular flexibility index (Phi) is 4.88. The van der Waals surface area contributed by atoms with E-state index in [4.69, 9.17) is 0 Å². The van der Waals surface area contributed by atoms with E-state index in [1.165, 1.54) is 18.2 Å². The molecule has 0 bridgehead atoms. The molecule has 26 heavy (non-hydrogen) atoms. The number of sulfone groups is 1. The third-order valence-electron chi connectivity index (χ3n) is 4.66. The molecule has 1 fully saturated rings. The number of alkyl halides is 3. The SMILES string of the molecule is O=S(=O)(c1ccccc1N1CCC(c2ccc(O)cc2)CC1)C(F)(F)F. The summed E-state index contributed by atoms with van der Waals surface area (Å²) in [6.07, 6.45) is 1.37. The molecule has 0 radical (unpaired) electrons. The molecule has 8 heteroatoms. The van der Waals surface area contributed by atoms with Crippen LogP contribution in [0.4, 0.5) is 18.9 Å². The van der Waals surface area contributed by atoms with Crippen LogP contribution in [0.25, 0.3) is 0 Å². The van der Waals surface area contributed by atoms with Gasteiger partial charge in [0.1, 0.15) is 5.75 Å². The molecule has 1 aliphatic heterocycles. The second-order valence-corrected chi connectivity index (χ2v) is 8.18. The van der Waals surface area contributed by atoms with Gasteiger partial charge in [-0.3, -0.25) is 0 Å². The lowest BCUT2D eigenvalue weighted by Crippen LogP contribution is -2.35. The number of anilines is 1. The summed E-state index contributed by atoms with van der Waals surface area (Å²) in [5.41, 5.74) is -4.18. The highest BCUT2D eigenvalue weighted by Crippen LogP contribution is 2.38. The molecule has 140 valence electrons. The first kappa shape index (κ1) is 18.6. The zero-order valence-corrected chi connectivity index (χ0v) is 14.6. The minimum atomic E-state index is -5.40. The fourth-order valence-corrected chi connectivity index (χ4v) is 4.25. The molecule has 4 nitrogen and oxygen atoms in total. The van der Waals surface area contributed by atoms with Gasteiger partial charge >= 0.3 is 5.51 Å². The summed E-state index contributed by atoms with van der Waals surface area (Å²) in [5.74, 6) is 0.399. The molecule has 0 saturated carbocycles. The number of para-hydroxylation sites is 1. The van der Waals surface area contributed by atoms with Crippen molar-refractivity contribution in [2.45, 2.75) is 29.2 Å². The molecule has 0 unspecified atom stereocenters.